The van der Waals surface area contributed by atoms with Crippen LogP contribution in [0.5, 0.6) is 0 Å². The van der Waals surface area contributed by atoms with Gasteiger partial charge in [-0.15, -0.1) is 0 Å². The Bertz CT molecular complexity index is 380. The van der Waals surface area contributed by atoms with E-state index in [-0.39, 0.29) is 6.07 Å². The SMILES string of the molecule is O=C(O)c1c(C(F)F)cc(F)nc1F. The topological polar surface area (TPSA) is 50.2 Å². The second-order valence-corrected chi connectivity index (χ2v) is 2.31. The van der Waals surface area contributed by atoms with Crippen LogP contribution in [0, 0.1) is 11.9 Å². The minimum atomic E-state index is -3.27. The van der Waals surface area contributed by atoms with Crippen LogP contribution in [0.2, 0.25) is 0 Å². The van der Waals surface area contributed by atoms with Crippen molar-refractivity contribution in [3.8, 4) is 0 Å². The first-order valence-electron chi connectivity index (χ1n) is 3.31. The third-order valence-corrected chi connectivity index (χ3v) is 1.42. The van der Waals surface area contributed by atoms with Gasteiger partial charge in [0.15, 0.2) is 0 Å². The summed E-state index contributed by atoms with van der Waals surface area (Å²) in [6.07, 6.45) is -3.27. The number of pyridine rings is 1. The molecule has 1 rings (SSSR count). The maximum atomic E-state index is 12.7. The minimum Gasteiger partial charge on any atom is -0.478 e. The average molecular weight is 209 g/mol. The van der Waals surface area contributed by atoms with Crippen molar-refractivity contribution in [1.82, 2.24) is 4.98 Å². The molecule has 14 heavy (non-hydrogen) atoms. The lowest BCUT2D eigenvalue weighted by Gasteiger charge is -2.04. The van der Waals surface area contributed by atoms with Crippen LogP contribution < -0.4 is 0 Å². The van der Waals surface area contributed by atoms with Crippen molar-refractivity contribution in [3.05, 3.63) is 29.1 Å². The Morgan fingerprint density at radius 2 is 2.00 bits per heavy atom. The summed E-state index contributed by atoms with van der Waals surface area (Å²) in [6.45, 7) is 0. The van der Waals surface area contributed by atoms with E-state index in [4.69, 9.17) is 5.11 Å². The molecule has 76 valence electrons. The Hall–Kier alpha value is -1.66. The Morgan fingerprint density at radius 1 is 1.43 bits per heavy atom. The number of aromatic nitrogens is 1. The Balaban J connectivity index is 3.44. The molecule has 1 aromatic heterocycles. The van der Waals surface area contributed by atoms with E-state index in [0.717, 1.165) is 0 Å². The van der Waals surface area contributed by atoms with Crippen molar-refractivity contribution in [3.63, 3.8) is 0 Å². The van der Waals surface area contributed by atoms with E-state index in [2.05, 4.69) is 4.98 Å². The fourth-order valence-electron chi connectivity index (χ4n) is 0.885. The van der Waals surface area contributed by atoms with E-state index in [1.165, 1.54) is 0 Å². The van der Waals surface area contributed by atoms with E-state index in [9.17, 15) is 22.4 Å². The van der Waals surface area contributed by atoms with Gasteiger partial charge in [-0.2, -0.15) is 13.8 Å². The van der Waals surface area contributed by atoms with Crippen LogP contribution in [0.1, 0.15) is 22.3 Å². The number of aromatic carboxylic acids is 1. The van der Waals surface area contributed by atoms with Crippen LogP contribution >= 0.6 is 0 Å². The van der Waals surface area contributed by atoms with Gasteiger partial charge in [-0.05, 0) is 0 Å². The fourth-order valence-corrected chi connectivity index (χ4v) is 0.885. The number of alkyl halides is 2. The third-order valence-electron chi connectivity index (χ3n) is 1.42. The highest BCUT2D eigenvalue weighted by molar-refractivity contribution is 5.89. The minimum absolute atomic E-state index is 0.192. The molecule has 0 bridgehead atoms. The normalized spacial score (nSPS) is 10.6. The monoisotopic (exact) mass is 209 g/mol. The van der Waals surface area contributed by atoms with Crippen molar-refractivity contribution in [2.24, 2.45) is 0 Å². The van der Waals surface area contributed by atoms with E-state index >= 15 is 0 Å². The molecule has 1 aromatic rings. The van der Waals surface area contributed by atoms with Crippen molar-refractivity contribution in [2.45, 2.75) is 6.43 Å². The zero-order valence-corrected chi connectivity index (χ0v) is 6.47. The molecule has 0 radical (unpaired) electrons. The summed E-state index contributed by atoms with van der Waals surface area (Å²) in [5.74, 6) is -5.15. The van der Waals surface area contributed by atoms with E-state index in [0.29, 0.717) is 0 Å². The summed E-state index contributed by atoms with van der Waals surface area (Å²) >= 11 is 0. The molecule has 0 aliphatic carbocycles. The molecule has 0 aliphatic heterocycles. The molecule has 0 saturated carbocycles. The second kappa shape index (κ2) is 3.60. The molecule has 0 fully saturated rings. The van der Waals surface area contributed by atoms with Crippen LogP contribution in [0.3, 0.4) is 0 Å². The molecule has 0 saturated heterocycles. The maximum Gasteiger partial charge on any atom is 0.340 e. The van der Waals surface area contributed by atoms with Gasteiger partial charge in [0.05, 0.1) is 0 Å². The standard InChI is InChI=1S/C7H3F4NO2/c8-3-1-2(5(9)10)4(7(13)14)6(11)12-3/h1,5H,(H,13,14). The number of carbonyl (C=O) groups is 1. The van der Waals surface area contributed by atoms with E-state index in [1.54, 1.807) is 0 Å². The lowest BCUT2D eigenvalue weighted by molar-refractivity contribution is 0.0676. The number of carboxylic acids is 1. The van der Waals surface area contributed by atoms with Crippen molar-refractivity contribution >= 4 is 5.97 Å². The highest BCUT2D eigenvalue weighted by atomic mass is 19.3. The molecule has 0 aromatic carbocycles. The average Bonchev–Trinajstić information content (AvgIpc) is 2.01. The first-order chi connectivity index (χ1) is 6.43. The first kappa shape index (κ1) is 10.4. The van der Waals surface area contributed by atoms with Gasteiger partial charge in [-0.3, -0.25) is 0 Å². The van der Waals surface area contributed by atoms with Gasteiger partial charge >= 0.3 is 5.97 Å². The van der Waals surface area contributed by atoms with Gasteiger partial charge in [0.1, 0.15) is 5.56 Å². The molecule has 0 amide bonds. The highest BCUT2D eigenvalue weighted by Gasteiger charge is 2.24. The maximum absolute atomic E-state index is 12.7. The molecular weight excluding hydrogens is 206 g/mol. The number of rotatable bonds is 2. The Morgan fingerprint density at radius 3 is 2.43 bits per heavy atom. The predicted molar refractivity (Wildman–Crippen MR) is 36.1 cm³/mol. The van der Waals surface area contributed by atoms with Crippen LogP contribution in [0.15, 0.2) is 6.07 Å². The van der Waals surface area contributed by atoms with Crippen LogP contribution in [0.25, 0.3) is 0 Å². The number of hydrogen-bond acceptors (Lipinski definition) is 2. The van der Waals surface area contributed by atoms with Crippen molar-refractivity contribution in [1.29, 1.82) is 0 Å². The summed E-state index contributed by atoms with van der Waals surface area (Å²) in [6, 6.07) is 0.192. The van der Waals surface area contributed by atoms with Crippen LogP contribution in [-0.4, -0.2) is 16.1 Å². The quantitative estimate of drug-likeness (QED) is 0.598. The lowest BCUT2D eigenvalue weighted by atomic mass is 10.1. The summed E-state index contributed by atoms with van der Waals surface area (Å²) in [5, 5.41) is 8.35. The third kappa shape index (κ3) is 1.81. The van der Waals surface area contributed by atoms with Crippen LogP contribution in [0.4, 0.5) is 17.6 Å². The van der Waals surface area contributed by atoms with Gasteiger partial charge in [0.25, 0.3) is 6.43 Å². The Labute approximate surface area is 75.0 Å². The zero-order valence-electron chi connectivity index (χ0n) is 6.47. The fraction of sp³-hybridized carbons (Fsp3) is 0.143. The summed E-state index contributed by atoms with van der Waals surface area (Å²) in [5.41, 5.74) is -2.52. The van der Waals surface area contributed by atoms with Gasteiger partial charge < -0.3 is 5.11 Å². The summed E-state index contributed by atoms with van der Waals surface area (Å²) in [7, 11) is 0. The van der Waals surface area contributed by atoms with E-state index in [1.807, 2.05) is 0 Å². The van der Waals surface area contributed by atoms with E-state index < -0.39 is 35.4 Å². The molecular formula is C7H3F4NO2. The molecule has 0 aliphatic rings. The largest absolute Gasteiger partial charge is 0.478 e. The smallest absolute Gasteiger partial charge is 0.340 e. The predicted octanol–water partition coefficient (Wildman–Crippen LogP) is 2.00. The molecule has 7 heteroatoms. The van der Waals surface area contributed by atoms with Crippen molar-refractivity contribution < 1.29 is 27.5 Å². The molecule has 0 atom stereocenters. The summed E-state index contributed by atoms with van der Waals surface area (Å²) < 4.78 is 49.3. The number of nitrogens with zero attached hydrogens (tertiary/aromatic N) is 1. The number of halogens is 4. The Kier molecular flexibility index (Phi) is 2.68. The molecule has 1 heterocycles. The second-order valence-electron chi connectivity index (χ2n) is 2.31. The first-order valence-corrected chi connectivity index (χ1v) is 3.31. The zero-order chi connectivity index (χ0) is 10.9. The lowest BCUT2D eigenvalue weighted by Crippen LogP contribution is -2.09. The molecule has 0 spiro atoms. The van der Waals surface area contributed by atoms with Gasteiger partial charge in [0, 0.05) is 11.6 Å². The molecule has 1 N–H and O–H groups in total. The van der Waals surface area contributed by atoms with Gasteiger partial charge in [0.2, 0.25) is 11.9 Å². The van der Waals surface area contributed by atoms with Gasteiger partial charge in [-0.25, -0.2) is 13.6 Å². The van der Waals surface area contributed by atoms with Gasteiger partial charge in [-0.1, -0.05) is 0 Å². The molecule has 3 nitrogen and oxygen atoms in total. The summed E-state index contributed by atoms with van der Waals surface area (Å²) in [4.78, 5) is 12.8. The molecule has 0 unspecified atom stereocenters. The van der Waals surface area contributed by atoms with Crippen LogP contribution in [-0.2, 0) is 0 Å². The number of carboxylic acid groups (broad SMARTS) is 1. The highest BCUT2D eigenvalue weighted by Crippen LogP contribution is 2.24. The number of hydrogen-bond donors (Lipinski definition) is 1. The van der Waals surface area contributed by atoms with Crippen molar-refractivity contribution in [2.75, 3.05) is 0 Å².